The Kier molecular flexibility index (Phi) is 6.59. The fraction of sp³-hybridized carbons (Fsp3) is 0.0769. The number of imidazole rings is 2. The zero-order valence-electron chi connectivity index (χ0n) is 24.6. The fourth-order valence-electron chi connectivity index (χ4n) is 5.83. The number of benzene rings is 5. The van der Waals surface area contributed by atoms with Crippen molar-refractivity contribution >= 4 is 44.0 Å². The summed E-state index contributed by atoms with van der Waals surface area (Å²) in [6.07, 6.45) is 6.29. The molecule has 2 heterocycles. The van der Waals surface area contributed by atoms with E-state index in [-0.39, 0.29) is 0 Å². The Morgan fingerprint density at radius 1 is 0.628 bits per heavy atom. The molecule has 0 aliphatic carbocycles. The molecule has 43 heavy (non-hydrogen) atoms. The molecule has 0 atom stereocenters. The van der Waals surface area contributed by atoms with E-state index in [1.165, 1.54) is 21.9 Å². The summed E-state index contributed by atoms with van der Waals surface area (Å²) in [5.41, 5.74) is 10.8. The summed E-state index contributed by atoms with van der Waals surface area (Å²) in [6.45, 7) is 6.44. The second-order valence-electron chi connectivity index (χ2n) is 10.9. The molecule has 2 aromatic heterocycles. The monoisotopic (exact) mass is 556 g/mol. The normalized spacial score (nSPS) is 12.2. The Labute approximate surface area is 251 Å². The van der Waals surface area contributed by atoms with E-state index >= 15 is 0 Å². The molecule has 0 spiro atoms. The third kappa shape index (κ3) is 4.77. The molecule has 4 heteroatoms. The molecule has 0 amide bonds. The lowest BCUT2D eigenvalue weighted by molar-refractivity contribution is 0.923. The molecule has 0 saturated heterocycles. The van der Waals surface area contributed by atoms with Crippen molar-refractivity contribution in [2.24, 2.45) is 14.1 Å². The van der Waals surface area contributed by atoms with Crippen molar-refractivity contribution in [3.05, 3.63) is 145 Å². The predicted molar refractivity (Wildman–Crippen MR) is 182 cm³/mol. The van der Waals surface area contributed by atoms with E-state index in [1.807, 2.05) is 25.1 Å². The standard InChI is InChI=1S/C39H32N4/c1-5-27(38-40-34-10-6-8-12-36(34)42(38)3)15-14-26(2)31-22-18-29-19-23-32(25-33(29)24-31)28-16-20-30(21-17-28)39-41-35-11-7-9-13-37(35)43(39)4/h5-25H,2H2,1,3-4H3/b15-14-,27-5+. The van der Waals surface area contributed by atoms with Gasteiger partial charge in [0.2, 0.25) is 0 Å². The summed E-state index contributed by atoms with van der Waals surface area (Å²) >= 11 is 0. The van der Waals surface area contributed by atoms with E-state index < -0.39 is 0 Å². The van der Waals surface area contributed by atoms with Gasteiger partial charge in [0.25, 0.3) is 0 Å². The molecule has 7 rings (SSSR count). The number of allylic oxidation sites excluding steroid dienone is 5. The molecule has 0 aliphatic rings. The minimum atomic E-state index is 0.943. The topological polar surface area (TPSA) is 35.6 Å². The SMILES string of the molecule is C=C(/C=C\C(=C/C)c1nc2ccccc2n1C)c1ccc2ccc(-c3ccc(-c4nc5ccccc5n4C)cc3)cc2c1. The Bertz CT molecular complexity index is 2220. The number of hydrogen-bond acceptors (Lipinski definition) is 2. The van der Waals surface area contributed by atoms with Gasteiger partial charge in [-0.25, -0.2) is 9.97 Å². The molecule has 7 aromatic rings. The van der Waals surface area contributed by atoms with Crippen LogP contribution in [0.1, 0.15) is 18.3 Å². The Balaban J connectivity index is 1.14. The summed E-state index contributed by atoms with van der Waals surface area (Å²) in [4.78, 5) is 9.71. The first kappa shape index (κ1) is 26.4. The summed E-state index contributed by atoms with van der Waals surface area (Å²) < 4.78 is 4.29. The maximum atomic E-state index is 4.86. The number of aromatic nitrogens is 4. The minimum absolute atomic E-state index is 0.943. The number of aryl methyl sites for hydroxylation is 2. The molecular formula is C39H32N4. The summed E-state index contributed by atoms with van der Waals surface area (Å²) in [5.74, 6) is 1.91. The maximum Gasteiger partial charge on any atom is 0.140 e. The van der Waals surface area contributed by atoms with Crippen LogP contribution >= 0.6 is 0 Å². The van der Waals surface area contributed by atoms with E-state index in [2.05, 4.69) is 139 Å². The molecule has 0 saturated carbocycles. The largest absolute Gasteiger partial charge is 0.327 e. The first-order valence-electron chi connectivity index (χ1n) is 14.5. The molecule has 0 N–H and O–H groups in total. The van der Waals surface area contributed by atoms with E-state index in [0.29, 0.717) is 0 Å². The average Bonchev–Trinajstić information content (AvgIpc) is 3.57. The first-order chi connectivity index (χ1) is 21.0. The second kappa shape index (κ2) is 10.7. The summed E-state index contributed by atoms with van der Waals surface area (Å²) in [7, 11) is 4.13. The van der Waals surface area contributed by atoms with Crippen LogP contribution in [-0.4, -0.2) is 19.1 Å². The third-order valence-electron chi connectivity index (χ3n) is 8.30. The molecule has 0 radical (unpaired) electrons. The highest BCUT2D eigenvalue weighted by molar-refractivity contribution is 5.92. The summed E-state index contributed by atoms with van der Waals surface area (Å²) in [6, 6.07) is 38.3. The minimum Gasteiger partial charge on any atom is -0.327 e. The number of rotatable bonds is 6. The van der Waals surface area contributed by atoms with Crippen molar-refractivity contribution in [3.63, 3.8) is 0 Å². The van der Waals surface area contributed by atoms with Crippen molar-refractivity contribution in [2.75, 3.05) is 0 Å². The van der Waals surface area contributed by atoms with E-state index in [9.17, 15) is 0 Å². The smallest absolute Gasteiger partial charge is 0.140 e. The van der Waals surface area contributed by atoms with Gasteiger partial charge in [-0.2, -0.15) is 0 Å². The van der Waals surface area contributed by atoms with Crippen molar-refractivity contribution in [1.82, 2.24) is 19.1 Å². The van der Waals surface area contributed by atoms with Gasteiger partial charge in [-0.05, 0) is 76.4 Å². The van der Waals surface area contributed by atoms with Gasteiger partial charge in [-0.1, -0.05) is 97.6 Å². The lowest BCUT2D eigenvalue weighted by Gasteiger charge is -2.09. The fourth-order valence-corrected chi connectivity index (χ4v) is 5.83. The van der Waals surface area contributed by atoms with E-state index in [1.54, 1.807) is 0 Å². The van der Waals surface area contributed by atoms with Crippen LogP contribution in [-0.2, 0) is 14.1 Å². The van der Waals surface area contributed by atoms with Gasteiger partial charge in [-0.3, -0.25) is 0 Å². The summed E-state index contributed by atoms with van der Waals surface area (Å²) in [5, 5.41) is 2.39. The Morgan fingerprint density at radius 2 is 1.26 bits per heavy atom. The molecule has 0 aliphatic heterocycles. The molecule has 5 aromatic carbocycles. The van der Waals surface area contributed by atoms with Gasteiger partial charge < -0.3 is 9.13 Å². The van der Waals surface area contributed by atoms with Gasteiger partial charge in [0, 0.05) is 25.2 Å². The highest BCUT2D eigenvalue weighted by Gasteiger charge is 2.11. The van der Waals surface area contributed by atoms with Gasteiger partial charge in [-0.15, -0.1) is 0 Å². The number of nitrogens with zero attached hydrogens (tertiary/aromatic N) is 4. The van der Waals surface area contributed by atoms with Gasteiger partial charge >= 0.3 is 0 Å². The van der Waals surface area contributed by atoms with Crippen molar-refractivity contribution in [2.45, 2.75) is 6.92 Å². The van der Waals surface area contributed by atoms with Crippen LogP contribution in [0.25, 0.3) is 66.5 Å². The van der Waals surface area contributed by atoms with Gasteiger partial charge in [0.15, 0.2) is 0 Å². The number of fused-ring (bicyclic) bond motifs is 3. The van der Waals surface area contributed by atoms with E-state index in [4.69, 9.17) is 9.97 Å². The number of para-hydroxylation sites is 4. The van der Waals surface area contributed by atoms with Crippen LogP contribution in [0.5, 0.6) is 0 Å². The van der Waals surface area contributed by atoms with Crippen LogP contribution in [0, 0.1) is 0 Å². The van der Waals surface area contributed by atoms with Crippen LogP contribution in [0.3, 0.4) is 0 Å². The molecule has 0 fully saturated rings. The van der Waals surface area contributed by atoms with Gasteiger partial charge in [0.05, 0.1) is 22.1 Å². The van der Waals surface area contributed by atoms with Crippen molar-refractivity contribution < 1.29 is 0 Å². The molecule has 208 valence electrons. The first-order valence-corrected chi connectivity index (χ1v) is 14.5. The quantitative estimate of drug-likeness (QED) is 0.191. The van der Waals surface area contributed by atoms with Crippen molar-refractivity contribution in [3.8, 4) is 22.5 Å². The lowest BCUT2D eigenvalue weighted by Crippen LogP contribution is -1.95. The van der Waals surface area contributed by atoms with Crippen molar-refractivity contribution in [1.29, 1.82) is 0 Å². The Morgan fingerprint density at radius 3 is 1.95 bits per heavy atom. The predicted octanol–water partition coefficient (Wildman–Crippen LogP) is 9.62. The molecule has 0 unspecified atom stereocenters. The highest BCUT2D eigenvalue weighted by Crippen LogP contribution is 2.30. The zero-order chi connectivity index (χ0) is 29.5. The second-order valence-corrected chi connectivity index (χ2v) is 10.9. The van der Waals surface area contributed by atoms with Crippen LogP contribution in [0.15, 0.2) is 134 Å². The lowest BCUT2D eigenvalue weighted by atomic mass is 9.97. The molecular weight excluding hydrogens is 524 g/mol. The van der Waals surface area contributed by atoms with Gasteiger partial charge in [0.1, 0.15) is 11.6 Å². The van der Waals surface area contributed by atoms with Crippen LogP contribution < -0.4 is 0 Å². The van der Waals surface area contributed by atoms with Crippen LogP contribution in [0.2, 0.25) is 0 Å². The molecule has 4 nitrogen and oxygen atoms in total. The zero-order valence-corrected chi connectivity index (χ0v) is 24.6. The Hall–Kier alpha value is -5.48. The van der Waals surface area contributed by atoms with Crippen LogP contribution in [0.4, 0.5) is 0 Å². The number of hydrogen-bond donors (Lipinski definition) is 0. The molecule has 0 bridgehead atoms. The highest BCUT2D eigenvalue weighted by atomic mass is 15.1. The van der Waals surface area contributed by atoms with E-state index in [0.717, 1.165) is 56.0 Å². The average molecular weight is 557 g/mol. The third-order valence-corrected chi connectivity index (χ3v) is 8.30. The maximum absolute atomic E-state index is 4.86.